The van der Waals surface area contributed by atoms with Crippen LogP contribution in [-0.2, 0) is 10.8 Å². The predicted molar refractivity (Wildman–Crippen MR) is 127 cm³/mol. The quantitative estimate of drug-likeness (QED) is 0.326. The first kappa shape index (κ1) is 23.5. The second-order valence-electron chi connectivity index (χ2n) is 9.83. The van der Waals surface area contributed by atoms with Crippen LogP contribution in [0.25, 0.3) is 0 Å². The predicted octanol–water partition coefficient (Wildman–Crippen LogP) is 9.19. The first-order chi connectivity index (χ1) is 13.8. The average molecular weight is 395 g/mol. The molecule has 29 heavy (non-hydrogen) atoms. The molecule has 2 aromatic carbocycles. The molecule has 2 rings (SSSR count). The minimum atomic E-state index is 0.221. The molecule has 0 aliphatic carbocycles. The average Bonchev–Trinajstić information content (AvgIpc) is 2.69. The lowest BCUT2D eigenvalue weighted by atomic mass is 9.80. The molecule has 2 aromatic rings. The molecule has 0 radical (unpaired) electrons. The number of ether oxygens (including phenoxy) is 1. The van der Waals surface area contributed by atoms with Gasteiger partial charge in [0.05, 0.1) is 0 Å². The van der Waals surface area contributed by atoms with E-state index < -0.39 is 0 Å². The molecule has 0 spiro atoms. The molecule has 1 heteroatoms. The minimum absolute atomic E-state index is 0.221. The maximum Gasteiger partial charge on any atom is 0.127 e. The van der Waals surface area contributed by atoms with Crippen LogP contribution in [0.3, 0.4) is 0 Å². The van der Waals surface area contributed by atoms with E-state index in [0.29, 0.717) is 0 Å². The van der Waals surface area contributed by atoms with Gasteiger partial charge in [0.1, 0.15) is 11.5 Å². The van der Waals surface area contributed by atoms with E-state index in [2.05, 4.69) is 90.1 Å². The van der Waals surface area contributed by atoms with Crippen molar-refractivity contribution in [3.05, 3.63) is 59.7 Å². The van der Waals surface area contributed by atoms with Crippen molar-refractivity contribution in [2.24, 2.45) is 0 Å². The van der Waals surface area contributed by atoms with Crippen LogP contribution in [0.2, 0.25) is 0 Å². The SMILES string of the molecule is CCCCCC(C)(C)c1ccc(Oc2ccc(C(C)(C)CCCCC)cc2)cc1. The number of hydrogen-bond donors (Lipinski definition) is 0. The van der Waals surface area contributed by atoms with Crippen LogP contribution in [-0.4, -0.2) is 0 Å². The van der Waals surface area contributed by atoms with Crippen molar-refractivity contribution in [2.75, 3.05) is 0 Å². The number of rotatable bonds is 12. The highest BCUT2D eigenvalue weighted by atomic mass is 16.5. The Hall–Kier alpha value is -1.76. The Morgan fingerprint density at radius 3 is 1.21 bits per heavy atom. The molecule has 160 valence electrons. The fourth-order valence-electron chi connectivity index (χ4n) is 4.01. The summed E-state index contributed by atoms with van der Waals surface area (Å²) in [4.78, 5) is 0. The highest BCUT2D eigenvalue weighted by molar-refractivity contribution is 5.37. The first-order valence-corrected chi connectivity index (χ1v) is 11.7. The van der Waals surface area contributed by atoms with Gasteiger partial charge in [0.25, 0.3) is 0 Å². The highest BCUT2D eigenvalue weighted by Crippen LogP contribution is 2.33. The number of unbranched alkanes of at least 4 members (excludes halogenated alkanes) is 4. The van der Waals surface area contributed by atoms with Crippen LogP contribution in [0.4, 0.5) is 0 Å². The summed E-state index contributed by atoms with van der Waals surface area (Å²) in [6.45, 7) is 13.9. The molecule has 0 N–H and O–H groups in total. The molecule has 0 aliphatic rings. The van der Waals surface area contributed by atoms with Gasteiger partial charge in [-0.2, -0.15) is 0 Å². The summed E-state index contributed by atoms with van der Waals surface area (Å²) in [5.74, 6) is 1.82. The van der Waals surface area contributed by atoms with Gasteiger partial charge < -0.3 is 4.74 Å². The van der Waals surface area contributed by atoms with E-state index in [1.165, 1.54) is 62.5 Å². The third kappa shape index (κ3) is 7.21. The number of hydrogen-bond acceptors (Lipinski definition) is 1. The summed E-state index contributed by atoms with van der Waals surface area (Å²) in [6, 6.07) is 17.4. The molecule has 0 bridgehead atoms. The molecule has 0 fully saturated rings. The van der Waals surface area contributed by atoms with Crippen LogP contribution < -0.4 is 4.74 Å². The van der Waals surface area contributed by atoms with E-state index >= 15 is 0 Å². The molecule has 0 heterocycles. The normalized spacial score (nSPS) is 12.2. The third-order valence-electron chi connectivity index (χ3n) is 6.32. The van der Waals surface area contributed by atoms with Crippen molar-refractivity contribution in [2.45, 2.75) is 104 Å². The van der Waals surface area contributed by atoms with E-state index in [-0.39, 0.29) is 10.8 Å². The molecule has 0 aliphatic heterocycles. The van der Waals surface area contributed by atoms with Gasteiger partial charge >= 0.3 is 0 Å². The van der Waals surface area contributed by atoms with Gasteiger partial charge in [0.2, 0.25) is 0 Å². The second kappa shape index (κ2) is 10.9. The van der Waals surface area contributed by atoms with Crippen LogP contribution >= 0.6 is 0 Å². The minimum Gasteiger partial charge on any atom is -0.457 e. The van der Waals surface area contributed by atoms with Gasteiger partial charge in [0, 0.05) is 0 Å². The van der Waals surface area contributed by atoms with Crippen molar-refractivity contribution in [3.63, 3.8) is 0 Å². The van der Waals surface area contributed by atoms with Gasteiger partial charge in [-0.3, -0.25) is 0 Å². The van der Waals surface area contributed by atoms with Crippen LogP contribution in [0, 0.1) is 0 Å². The Morgan fingerprint density at radius 2 is 0.897 bits per heavy atom. The zero-order chi connectivity index (χ0) is 21.3. The molecule has 0 amide bonds. The smallest absolute Gasteiger partial charge is 0.127 e. The summed E-state index contributed by atoms with van der Waals surface area (Å²) in [6.07, 6.45) is 10.2. The lowest BCUT2D eigenvalue weighted by molar-refractivity contribution is 0.445. The Morgan fingerprint density at radius 1 is 0.552 bits per heavy atom. The largest absolute Gasteiger partial charge is 0.457 e. The van der Waals surface area contributed by atoms with Gasteiger partial charge in [0.15, 0.2) is 0 Å². The Kier molecular flexibility index (Phi) is 8.80. The van der Waals surface area contributed by atoms with Gasteiger partial charge in [-0.1, -0.05) is 104 Å². The molecule has 0 saturated carbocycles. The number of benzene rings is 2. The maximum atomic E-state index is 6.11. The summed E-state index contributed by atoms with van der Waals surface area (Å²) in [7, 11) is 0. The van der Waals surface area contributed by atoms with Crippen LogP contribution in [0.5, 0.6) is 11.5 Å². The van der Waals surface area contributed by atoms with E-state index in [9.17, 15) is 0 Å². The summed E-state index contributed by atoms with van der Waals surface area (Å²) in [5.41, 5.74) is 3.23. The zero-order valence-corrected chi connectivity index (χ0v) is 19.7. The van der Waals surface area contributed by atoms with E-state index in [1.54, 1.807) is 0 Å². The standard InChI is InChI=1S/C28H42O/c1-7-9-11-21-27(3,4)23-13-17-25(18-14-23)29-26-19-15-24(16-20-26)28(5,6)22-12-10-8-2/h13-20H,7-12,21-22H2,1-6H3. The monoisotopic (exact) mass is 394 g/mol. The van der Waals surface area contributed by atoms with Crippen molar-refractivity contribution in [3.8, 4) is 11.5 Å². The molecule has 0 atom stereocenters. The van der Waals surface area contributed by atoms with Gasteiger partial charge in [-0.05, 0) is 59.1 Å². The molecular weight excluding hydrogens is 352 g/mol. The van der Waals surface area contributed by atoms with E-state index in [4.69, 9.17) is 4.74 Å². The molecule has 0 aromatic heterocycles. The van der Waals surface area contributed by atoms with Crippen molar-refractivity contribution >= 4 is 0 Å². The maximum absolute atomic E-state index is 6.11. The Labute approximate surface area is 179 Å². The van der Waals surface area contributed by atoms with Crippen LogP contribution in [0.15, 0.2) is 48.5 Å². The van der Waals surface area contributed by atoms with E-state index in [1.807, 2.05) is 0 Å². The lowest BCUT2D eigenvalue weighted by Crippen LogP contribution is -2.16. The van der Waals surface area contributed by atoms with E-state index in [0.717, 1.165) is 11.5 Å². The molecule has 0 saturated heterocycles. The van der Waals surface area contributed by atoms with Gasteiger partial charge in [-0.25, -0.2) is 0 Å². The summed E-state index contributed by atoms with van der Waals surface area (Å²) >= 11 is 0. The lowest BCUT2D eigenvalue weighted by Gasteiger charge is -2.26. The van der Waals surface area contributed by atoms with Crippen molar-refractivity contribution < 1.29 is 4.74 Å². The van der Waals surface area contributed by atoms with Crippen LogP contribution in [0.1, 0.15) is 104 Å². The molecular formula is C28H42O. The highest BCUT2D eigenvalue weighted by Gasteiger charge is 2.21. The first-order valence-electron chi connectivity index (χ1n) is 11.7. The fourth-order valence-corrected chi connectivity index (χ4v) is 4.01. The summed E-state index contributed by atoms with van der Waals surface area (Å²) < 4.78 is 6.11. The van der Waals surface area contributed by atoms with Crippen molar-refractivity contribution in [1.82, 2.24) is 0 Å². The molecule has 1 nitrogen and oxygen atoms in total. The Bertz CT molecular complexity index is 643. The second-order valence-corrected chi connectivity index (χ2v) is 9.83. The summed E-state index contributed by atoms with van der Waals surface area (Å²) in [5, 5.41) is 0. The molecule has 0 unspecified atom stereocenters. The van der Waals surface area contributed by atoms with Gasteiger partial charge in [-0.15, -0.1) is 0 Å². The third-order valence-corrected chi connectivity index (χ3v) is 6.32. The topological polar surface area (TPSA) is 9.23 Å². The fraction of sp³-hybridized carbons (Fsp3) is 0.571. The van der Waals surface area contributed by atoms with Crippen molar-refractivity contribution in [1.29, 1.82) is 0 Å². The Balaban J connectivity index is 1.98. The zero-order valence-electron chi connectivity index (χ0n) is 19.7.